The van der Waals surface area contributed by atoms with Gasteiger partial charge in [-0.15, -0.1) is 0 Å². The summed E-state index contributed by atoms with van der Waals surface area (Å²) in [7, 11) is 0. The van der Waals surface area contributed by atoms with Gasteiger partial charge >= 0.3 is 5.97 Å². The number of hydrogen-bond acceptors (Lipinski definition) is 4. The quantitative estimate of drug-likeness (QED) is 0.697. The van der Waals surface area contributed by atoms with Crippen LogP contribution in [0.2, 0.25) is 0 Å². The average molecular weight is 358 g/mol. The fraction of sp³-hybridized carbons (Fsp3) is 0.450. The largest absolute Gasteiger partial charge is 0.481 e. The summed E-state index contributed by atoms with van der Waals surface area (Å²) in [5.74, 6) is -1.72. The zero-order valence-corrected chi connectivity index (χ0v) is 15.6. The molecule has 1 aromatic carbocycles. The molecule has 1 amide bonds. The molecule has 0 bridgehead atoms. The second-order valence-electron chi connectivity index (χ2n) is 6.37. The summed E-state index contributed by atoms with van der Waals surface area (Å²) in [6.45, 7) is 7.15. The summed E-state index contributed by atoms with van der Waals surface area (Å²) in [5.41, 5.74) is 2.08. The maximum atomic E-state index is 13.2. The molecule has 1 unspecified atom stereocenters. The summed E-state index contributed by atoms with van der Waals surface area (Å²) in [6, 6.07) is 9.27. The molecule has 0 aliphatic carbocycles. The molecule has 0 spiro atoms. The van der Waals surface area contributed by atoms with Gasteiger partial charge in [0.25, 0.3) is 5.91 Å². The van der Waals surface area contributed by atoms with E-state index in [1.54, 1.807) is 17.9 Å². The fourth-order valence-electron chi connectivity index (χ4n) is 2.84. The highest BCUT2D eigenvalue weighted by atomic mass is 16.5. The number of carboxylic acid groups (broad SMARTS) is 1. The van der Waals surface area contributed by atoms with E-state index in [0.717, 1.165) is 16.6 Å². The maximum Gasteiger partial charge on any atom is 0.308 e. The Morgan fingerprint density at radius 2 is 2.04 bits per heavy atom. The molecular weight excluding hydrogens is 332 g/mol. The molecule has 1 N–H and O–H groups in total. The minimum atomic E-state index is -0.914. The van der Waals surface area contributed by atoms with Crippen LogP contribution in [0.5, 0.6) is 0 Å². The normalized spacial score (nSPS) is 12.1. The van der Waals surface area contributed by atoms with Crippen LogP contribution < -0.4 is 0 Å². The Hall–Kier alpha value is -2.47. The number of rotatable bonds is 9. The number of carbonyl (C=O) groups is 2. The number of aryl methyl sites for hydroxylation is 1. The van der Waals surface area contributed by atoms with E-state index >= 15 is 0 Å². The molecule has 0 radical (unpaired) electrons. The van der Waals surface area contributed by atoms with E-state index in [0.29, 0.717) is 31.7 Å². The molecule has 1 aromatic heterocycles. The Bertz CT molecular complexity index is 775. The van der Waals surface area contributed by atoms with Crippen molar-refractivity contribution >= 4 is 22.8 Å². The molecule has 0 aliphatic rings. The number of aliphatic carboxylic acids is 1. The Balaban J connectivity index is 2.31. The van der Waals surface area contributed by atoms with Crippen molar-refractivity contribution in [2.75, 3.05) is 26.3 Å². The van der Waals surface area contributed by atoms with Crippen LogP contribution in [0.1, 0.15) is 36.3 Å². The van der Waals surface area contributed by atoms with E-state index in [4.69, 9.17) is 4.74 Å². The first-order valence-corrected chi connectivity index (χ1v) is 8.90. The van der Waals surface area contributed by atoms with E-state index in [1.807, 2.05) is 38.1 Å². The third-order valence-electron chi connectivity index (χ3n) is 4.20. The Morgan fingerprint density at radius 3 is 2.73 bits per heavy atom. The Morgan fingerprint density at radius 1 is 1.31 bits per heavy atom. The molecular formula is C20H26N2O4. The molecule has 6 heteroatoms. The van der Waals surface area contributed by atoms with Gasteiger partial charge in [-0.3, -0.25) is 14.6 Å². The van der Waals surface area contributed by atoms with E-state index in [-0.39, 0.29) is 12.5 Å². The van der Waals surface area contributed by atoms with Crippen LogP contribution >= 0.6 is 0 Å². The lowest BCUT2D eigenvalue weighted by Crippen LogP contribution is -2.38. The van der Waals surface area contributed by atoms with Gasteiger partial charge in [-0.1, -0.05) is 25.1 Å². The predicted octanol–water partition coefficient (Wildman–Crippen LogP) is 3.13. The smallest absolute Gasteiger partial charge is 0.308 e. The first-order valence-electron chi connectivity index (χ1n) is 8.90. The standard InChI is InChI=1S/C20H26N2O4/c1-4-26-11-7-10-22(13-14(2)20(24)25)19(23)17-12-15(3)21-18-9-6-5-8-16(17)18/h5-6,8-9,12,14H,4,7,10-11,13H2,1-3H3,(H,24,25). The van der Waals surface area contributed by atoms with E-state index < -0.39 is 11.9 Å². The highest BCUT2D eigenvalue weighted by Crippen LogP contribution is 2.20. The molecule has 6 nitrogen and oxygen atoms in total. The number of pyridine rings is 1. The number of fused-ring (bicyclic) bond motifs is 1. The summed E-state index contributed by atoms with van der Waals surface area (Å²) >= 11 is 0. The van der Waals surface area contributed by atoms with Gasteiger partial charge in [0.1, 0.15) is 0 Å². The van der Waals surface area contributed by atoms with Crippen molar-refractivity contribution < 1.29 is 19.4 Å². The highest BCUT2D eigenvalue weighted by Gasteiger charge is 2.23. The van der Waals surface area contributed by atoms with E-state index in [1.165, 1.54) is 0 Å². The minimum absolute atomic E-state index is 0.163. The molecule has 2 rings (SSSR count). The second-order valence-corrected chi connectivity index (χ2v) is 6.37. The van der Waals surface area contributed by atoms with E-state index in [9.17, 15) is 14.7 Å². The van der Waals surface area contributed by atoms with E-state index in [2.05, 4.69) is 4.98 Å². The summed E-state index contributed by atoms with van der Waals surface area (Å²) in [5, 5.41) is 10.0. The lowest BCUT2D eigenvalue weighted by atomic mass is 10.1. The molecule has 0 fully saturated rings. The monoisotopic (exact) mass is 358 g/mol. The first kappa shape index (κ1) is 19.8. The number of benzene rings is 1. The van der Waals surface area contributed by atoms with Crippen molar-refractivity contribution in [3.8, 4) is 0 Å². The van der Waals surface area contributed by atoms with Crippen LogP contribution in [0.3, 0.4) is 0 Å². The lowest BCUT2D eigenvalue weighted by molar-refractivity contribution is -0.141. The third-order valence-corrected chi connectivity index (χ3v) is 4.20. The molecule has 1 heterocycles. The zero-order chi connectivity index (χ0) is 19.1. The van der Waals surface area contributed by atoms with Crippen LogP contribution in [0.15, 0.2) is 30.3 Å². The van der Waals surface area contributed by atoms with Gasteiger partial charge in [0, 0.05) is 37.4 Å². The number of para-hydroxylation sites is 1. The van der Waals surface area contributed by atoms with Gasteiger partial charge in [-0.25, -0.2) is 0 Å². The molecule has 2 aromatic rings. The van der Waals surface area contributed by atoms with Crippen molar-refractivity contribution in [3.05, 3.63) is 41.6 Å². The van der Waals surface area contributed by atoms with Crippen LogP contribution in [-0.4, -0.2) is 53.2 Å². The molecule has 0 saturated heterocycles. The zero-order valence-electron chi connectivity index (χ0n) is 15.6. The highest BCUT2D eigenvalue weighted by molar-refractivity contribution is 6.06. The van der Waals surface area contributed by atoms with Crippen molar-refractivity contribution in [3.63, 3.8) is 0 Å². The SMILES string of the molecule is CCOCCCN(CC(C)C(=O)O)C(=O)c1cc(C)nc2ccccc12. The Kier molecular flexibility index (Phi) is 7.09. The van der Waals surface area contributed by atoms with Gasteiger partial charge in [0.15, 0.2) is 0 Å². The van der Waals surface area contributed by atoms with Crippen molar-refractivity contribution in [1.82, 2.24) is 9.88 Å². The number of carbonyl (C=O) groups excluding carboxylic acids is 1. The molecule has 140 valence electrons. The summed E-state index contributed by atoms with van der Waals surface area (Å²) < 4.78 is 5.35. The van der Waals surface area contributed by atoms with Crippen LogP contribution in [0.4, 0.5) is 0 Å². The number of amides is 1. The van der Waals surface area contributed by atoms with Gasteiger partial charge in [-0.05, 0) is 32.4 Å². The van der Waals surface area contributed by atoms with Crippen molar-refractivity contribution in [2.24, 2.45) is 5.92 Å². The summed E-state index contributed by atoms with van der Waals surface area (Å²) in [4.78, 5) is 30.5. The number of nitrogens with zero attached hydrogens (tertiary/aromatic N) is 2. The number of aromatic nitrogens is 1. The van der Waals surface area contributed by atoms with Crippen LogP contribution in [0, 0.1) is 12.8 Å². The average Bonchev–Trinajstić information content (AvgIpc) is 2.62. The molecule has 26 heavy (non-hydrogen) atoms. The molecule has 1 atom stereocenters. The predicted molar refractivity (Wildman–Crippen MR) is 100 cm³/mol. The first-order chi connectivity index (χ1) is 12.4. The number of carboxylic acids is 1. The van der Waals surface area contributed by atoms with Crippen molar-refractivity contribution in [1.29, 1.82) is 0 Å². The van der Waals surface area contributed by atoms with Gasteiger partial charge in [0.2, 0.25) is 0 Å². The van der Waals surface area contributed by atoms with Gasteiger partial charge in [-0.2, -0.15) is 0 Å². The second kappa shape index (κ2) is 9.29. The van der Waals surface area contributed by atoms with Gasteiger partial charge < -0.3 is 14.7 Å². The molecule has 0 saturated carbocycles. The third kappa shape index (κ3) is 5.02. The number of hydrogen-bond donors (Lipinski definition) is 1. The topological polar surface area (TPSA) is 79.7 Å². The van der Waals surface area contributed by atoms with Crippen LogP contribution in [0.25, 0.3) is 10.9 Å². The summed E-state index contributed by atoms with van der Waals surface area (Å²) in [6.07, 6.45) is 0.661. The molecule has 0 aliphatic heterocycles. The number of ether oxygens (including phenoxy) is 1. The van der Waals surface area contributed by atoms with Crippen LogP contribution in [-0.2, 0) is 9.53 Å². The lowest BCUT2D eigenvalue weighted by Gasteiger charge is -2.25. The Labute approximate surface area is 153 Å². The maximum absolute atomic E-state index is 13.2. The van der Waals surface area contributed by atoms with Crippen molar-refractivity contribution in [2.45, 2.75) is 27.2 Å². The van der Waals surface area contributed by atoms with Gasteiger partial charge in [0.05, 0.1) is 17.0 Å². The minimum Gasteiger partial charge on any atom is -0.481 e. The fourth-order valence-corrected chi connectivity index (χ4v) is 2.84.